The molecule has 8 atom stereocenters. The van der Waals surface area contributed by atoms with Crippen LogP contribution in [0.15, 0.2) is 30.3 Å². The van der Waals surface area contributed by atoms with Gasteiger partial charge in [-0.15, -0.1) is 0 Å². The van der Waals surface area contributed by atoms with Gasteiger partial charge in [-0.3, -0.25) is 0 Å². The molecular weight excluding hydrogens is 401 g/mol. The largest absolute Gasteiger partial charge is 0.482 e. The van der Waals surface area contributed by atoms with Crippen molar-refractivity contribution in [3.05, 3.63) is 35.9 Å². The van der Waals surface area contributed by atoms with Crippen LogP contribution in [0.25, 0.3) is 0 Å². The molecule has 0 radical (unpaired) electrons. The molecule has 2 bridgehead atoms. The normalized spacial score (nSPS) is 41.3. The molecule has 1 amide bonds. The number of alkyl carbamates (subject to hydrolysis) is 1. The molecule has 1 heterocycles. The van der Waals surface area contributed by atoms with Gasteiger partial charge < -0.3 is 19.4 Å². The monoisotopic (exact) mass is 437 g/mol. The lowest BCUT2D eigenvalue weighted by molar-refractivity contribution is -0.199. The summed E-state index contributed by atoms with van der Waals surface area (Å²) in [5.41, 5.74) is 1.17. The second-order valence-corrected chi connectivity index (χ2v) is 11.9. The highest BCUT2D eigenvalue weighted by atomic mass is 16.7. The van der Waals surface area contributed by atoms with Crippen molar-refractivity contribution in [1.29, 1.82) is 0 Å². The molecule has 5 nitrogen and oxygen atoms in total. The Labute approximate surface area is 192 Å². The Hall–Kier alpha value is -1.53. The minimum absolute atomic E-state index is 0.102. The van der Waals surface area contributed by atoms with Gasteiger partial charge >= 0.3 is 13.2 Å². The molecule has 1 aliphatic heterocycles. The number of nitrogens with one attached hydrogen (secondary N) is 1. The molecule has 1 saturated heterocycles. The van der Waals surface area contributed by atoms with Gasteiger partial charge in [-0.25, -0.2) is 4.79 Å². The van der Waals surface area contributed by atoms with Crippen molar-refractivity contribution in [2.75, 3.05) is 6.61 Å². The van der Waals surface area contributed by atoms with Crippen LogP contribution in [0.3, 0.4) is 0 Å². The maximum absolute atomic E-state index is 12.8. The van der Waals surface area contributed by atoms with Gasteiger partial charge in [0.1, 0.15) is 0 Å². The molecule has 6 fully saturated rings. The topological polar surface area (TPSA) is 56.8 Å². The van der Waals surface area contributed by atoms with Crippen LogP contribution in [0.1, 0.15) is 58.4 Å². The molecule has 6 aliphatic rings. The summed E-state index contributed by atoms with van der Waals surface area (Å²) < 4.78 is 18.9. The van der Waals surface area contributed by atoms with E-state index in [-0.39, 0.29) is 23.7 Å². The van der Waals surface area contributed by atoms with Crippen LogP contribution in [-0.4, -0.2) is 37.5 Å². The molecule has 6 heteroatoms. The van der Waals surface area contributed by atoms with E-state index in [4.69, 9.17) is 14.0 Å². The van der Waals surface area contributed by atoms with Gasteiger partial charge in [0, 0.05) is 0 Å². The van der Waals surface area contributed by atoms with Gasteiger partial charge in [-0.1, -0.05) is 44.2 Å². The molecule has 0 aromatic heterocycles. The van der Waals surface area contributed by atoms with E-state index in [1.165, 1.54) is 25.7 Å². The highest BCUT2D eigenvalue weighted by Crippen LogP contribution is 2.65. The first-order chi connectivity index (χ1) is 15.3. The van der Waals surface area contributed by atoms with Crippen LogP contribution in [-0.2, 0) is 20.5 Å². The van der Waals surface area contributed by atoms with Crippen molar-refractivity contribution in [1.82, 2.24) is 5.32 Å². The van der Waals surface area contributed by atoms with Gasteiger partial charge in [0.15, 0.2) is 0 Å². The van der Waals surface area contributed by atoms with Gasteiger partial charge in [0.25, 0.3) is 0 Å². The number of amides is 1. The standard InChI is InChI=1S/C26H36BNO4/c1-25(2)19-13-21(25)26(3)22(14-19)31-27(32-26)23(11-16-7-5-4-6-8-16)28-24(29)30-15-18-10-9-17-12-20(17)18/h4-8,17-23H,9-15H2,1-3H3,(H,28,29)/t17-,18-,19-,20+,21-,22+,23-,26-/m0/s1. The van der Waals surface area contributed by atoms with E-state index in [9.17, 15) is 4.79 Å². The molecule has 1 N–H and O–H groups in total. The predicted molar refractivity (Wildman–Crippen MR) is 123 cm³/mol. The molecule has 5 aliphatic carbocycles. The molecule has 0 unspecified atom stereocenters. The van der Waals surface area contributed by atoms with Crippen LogP contribution in [0.4, 0.5) is 4.79 Å². The molecule has 1 aromatic carbocycles. The predicted octanol–water partition coefficient (Wildman–Crippen LogP) is 4.64. The lowest BCUT2D eigenvalue weighted by Crippen LogP contribution is -2.65. The van der Waals surface area contributed by atoms with Crippen LogP contribution >= 0.6 is 0 Å². The van der Waals surface area contributed by atoms with E-state index in [1.54, 1.807) is 0 Å². The maximum atomic E-state index is 12.8. The Morgan fingerprint density at radius 3 is 2.69 bits per heavy atom. The van der Waals surface area contributed by atoms with Crippen molar-refractivity contribution < 1.29 is 18.8 Å². The van der Waals surface area contributed by atoms with Crippen molar-refractivity contribution in [2.45, 2.75) is 76.9 Å². The molecule has 7 rings (SSSR count). The fraction of sp³-hybridized carbons (Fsp3) is 0.731. The number of carbonyl (C=O) groups excluding carboxylic acids is 1. The third-order valence-corrected chi connectivity index (χ3v) is 9.82. The van der Waals surface area contributed by atoms with E-state index in [0.717, 1.165) is 23.8 Å². The quantitative estimate of drug-likeness (QED) is 0.659. The van der Waals surface area contributed by atoms with Gasteiger partial charge in [0.2, 0.25) is 0 Å². The molecule has 0 spiro atoms. The smallest absolute Gasteiger partial charge is 0.449 e. The van der Waals surface area contributed by atoms with Crippen molar-refractivity contribution in [3.8, 4) is 0 Å². The average molecular weight is 437 g/mol. The summed E-state index contributed by atoms with van der Waals surface area (Å²) in [5, 5.41) is 3.12. The zero-order chi connectivity index (χ0) is 22.1. The third-order valence-electron chi connectivity index (χ3n) is 9.82. The summed E-state index contributed by atoms with van der Waals surface area (Å²) in [7, 11) is -0.452. The summed E-state index contributed by atoms with van der Waals surface area (Å²) in [6, 6.07) is 10.3. The minimum Gasteiger partial charge on any atom is -0.449 e. The van der Waals surface area contributed by atoms with Gasteiger partial charge in [0.05, 0.1) is 24.3 Å². The molecule has 32 heavy (non-hydrogen) atoms. The maximum Gasteiger partial charge on any atom is 0.482 e. The Kier molecular flexibility index (Phi) is 4.93. The summed E-state index contributed by atoms with van der Waals surface area (Å²) in [6.45, 7) is 7.50. The highest BCUT2D eigenvalue weighted by Gasteiger charge is 2.68. The zero-order valence-corrected chi connectivity index (χ0v) is 19.6. The lowest BCUT2D eigenvalue weighted by Gasteiger charge is -2.64. The average Bonchev–Trinajstić information content (AvgIpc) is 3.29. The Morgan fingerprint density at radius 1 is 1.19 bits per heavy atom. The minimum atomic E-state index is -0.452. The van der Waals surface area contributed by atoms with Crippen molar-refractivity contribution in [2.24, 2.45) is 35.0 Å². The fourth-order valence-electron chi connectivity index (χ4n) is 7.56. The second-order valence-electron chi connectivity index (χ2n) is 11.9. The fourth-order valence-corrected chi connectivity index (χ4v) is 7.56. The number of carbonyl (C=O) groups is 1. The Morgan fingerprint density at radius 2 is 2.00 bits per heavy atom. The number of benzene rings is 1. The lowest BCUT2D eigenvalue weighted by atomic mass is 9.43. The van der Waals surface area contributed by atoms with Crippen LogP contribution in [0.2, 0.25) is 0 Å². The number of hydrogen-bond donors (Lipinski definition) is 1. The molecular formula is C26H36BNO4. The van der Waals surface area contributed by atoms with Crippen molar-refractivity contribution in [3.63, 3.8) is 0 Å². The first-order valence-corrected chi connectivity index (χ1v) is 12.6. The highest BCUT2D eigenvalue weighted by molar-refractivity contribution is 6.47. The molecule has 5 saturated carbocycles. The number of rotatable bonds is 6. The second kappa shape index (κ2) is 7.49. The Bertz CT molecular complexity index is 878. The summed E-state index contributed by atoms with van der Waals surface area (Å²) in [5.74, 6) is 3.18. The SMILES string of the molecule is CC1(C)[C@@H]2C[C@H]3OB([C@H](Cc4ccccc4)NC(=O)OC[C@@H]4CC[C@H]5C[C@@H]45)O[C@@]3(C)[C@H]1C2. The van der Waals surface area contributed by atoms with E-state index in [0.29, 0.717) is 36.2 Å². The zero-order valence-electron chi connectivity index (χ0n) is 19.6. The summed E-state index contributed by atoms with van der Waals surface area (Å²) >= 11 is 0. The third kappa shape index (κ3) is 3.40. The first kappa shape index (κ1) is 21.0. The van der Waals surface area contributed by atoms with Crippen LogP contribution < -0.4 is 5.32 Å². The van der Waals surface area contributed by atoms with Gasteiger partial charge in [-0.05, 0) is 86.0 Å². The van der Waals surface area contributed by atoms with Gasteiger partial charge in [-0.2, -0.15) is 0 Å². The molecule has 1 aromatic rings. The summed E-state index contributed by atoms with van der Waals surface area (Å²) in [6.07, 6.45) is 6.52. The molecule has 172 valence electrons. The van der Waals surface area contributed by atoms with E-state index >= 15 is 0 Å². The van der Waals surface area contributed by atoms with Crippen LogP contribution in [0.5, 0.6) is 0 Å². The summed E-state index contributed by atoms with van der Waals surface area (Å²) in [4.78, 5) is 12.8. The van der Waals surface area contributed by atoms with Crippen molar-refractivity contribution >= 4 is 13.2 Å². The van der Waals surface area contributed by atoms with E-state index < -0.39 is 7.12 Å². The van der Waals surface area contributed by atoms with E-state index in [2.05, 4.69) is 38.2 Å². The number of fused-ring (bicyclic) bond motifs is 1. The Balaban J connectivity index is 1.15. The number of hydrogen-bond acceptors (Lipinski definition) is 4. The number of ether oxygens (including phenoxy) is 1. The van der Waals surface area contributed by atoms with E-state index in [1.807, 2.05) is 18.2 Å². The van der Waals surface area contributed by atoms with Crippen LogP contribution in [0, 0.1) is 35.0 Å². The first-order valence-electron chi connectivity index (χ1n) is 12.6.